The normalized spacial score (nSPS) is 17.5. The minimum atomic E-state index is 0.264. The van der Waals surface area contributed by atoms with Crippen molar-refractivity contribution in [3.63, 3.8) is 0 Å². The number of rotatable bonds is 6. The first-order chi connectivity index (χ1) is 15.4. The third-order valence-electron chi connectivity index (χ3n) is 5.91. The molecule has 0 unspecified atom stereocenters. The molecule has 4 rings (SSSR count). The number of anilines is 1. The number of thiazole rings is 1. The average molecular weight is 442 g/mol. The maximum atomic E-state index is 2.39. The Kier molecular flexibility index (Phi) is 6.76. The zero-order chi connectivity index (χ0) is 22.6. The van der Waals surface area contributed by atoms with Gasteiger partial charge in [0.25, 0.3) is 5.01 Å². The number of allylic oxidation sites excluding steroid dienone is 6. The molecule has 1 heterocycles. The van der Waals surface area contributed by atoms with Gasteiger partial charge in [-0.25, -0.2) is 0 Å². The number of benzene rings is 2. The van der Waals surface area contributed by atoms with Crippen molar-refractivity contribution >= 4 is 33.3 Å². The highest BCUT2D eigenvalue weighted by molar-refractivity contribution is 7.18. The summed E-state index contributed by atoms with van der Waals surface area (Å²) >= 11 is 1.86. The molecule has 3 aromatic rings. The summed E-state index contributed by atoms with van der Waals surface area (Å²) in [4.78, 5) is 2.18. The summed E-state index contributed by atoms with van der Waals surface area (Å²) in [5, 5.41) is 1.30. The SMILES string of the molecule is CC[n+]1c(/C=C/C=C2C=C(/C=C/N(C)c3ccccc3)CC(C)(C)C/2)sc2ccccc21. The molecule has 2 nitrogen and oxygen atoms in total. The van der Waals surface area contributed by atoms with Crippen molar-refractivity contribution in [2.75, 3.05) is 11.9 Å². The molecule has 32 heavy (non-hydrogen) atoms. The topological polar surface area (TPSA) is 7.12 Å². The molecule has 0 bridgehead atoms. The lowest BCUT2D eigenvalue weighted by molar-refractivity contribution is -0.665. The zero-order valence-electron chi connectivity index (χ0n) is 19.6. The molecule has 0 radical (unpaired) electrons. The molecule has 1 aliphatic carbocycles. The standard InChI is InChI=1S/C29H33N2S/c1-5-31-26-15-9-10-16-27(26)32-28(31)17-11-12-23-20-24(22-29(2,3)21-23)18-19-30(4)25-13-7-6-8-14-25/h6-20H,5,21-22H2,1-4H3/q+1. The Labute approximate surface area is 196 Å². The molecule has 0 spiro atoms. The third kappa shape index (κ3) is 5.28. The highest BCUT2D eigenvalue weighted by atomic mass is 32.1. The largest absolute Gasteiger partial charge is 0.351 e. The van der Waals surface area contributed by atoms with Crippen LogP contribution in [-0.4, -0.2) is 7.05 Å². The van der Waals surface area contributed by atoms with Crippen molar-refractivity contribution in [2.24, 2.45) is 5.41 Å². The van der Waals surface area contributed by atoms with E-state index in [2.05, 4.69) is 128 Å². The van der Waals surface area contributed by atoms with E-state index in [-0.39, 0.29) is 5.41 Å². The molecule has 0 fully saturated rings. The third-order valence-corrected chi connectivity index (χ3v) is 7.04. The summed E-state index contributed by atoms with van der Waals surface area (Å²) in [5.74, 6) is 0. The highest BCUT2D eigenvalue weighted by Crippen LogP contribution is 2.38. The van der Waals surface area contributed by atoms with Crippen LogP contribution in [0, 0.1) is 5.41 Å². The Bertz CT molecular complexity index is 1190. The second-order valence-electron chi connectivity index (χ2n) is 9.25. The second kappa shape index (κ2) is 9.70. The minimum Gasteiger partial charge on any atom is -0.351 e. The number of aryl methyl sites for hydroxylation is 1. The zero-order valence-corrected chi connectivity index (χ0v) is 20.4. The van der Waals surface area contributed by atoms with Crippen LogP contribution < -0.4 is 9.47 Å². The van der Waals surface area contributed by atoms with Crippen LogP contribution in [0.4, 0.5) is 5.69 Å². The number of nitrogens with zero attached hydrogens (tertiary/aromatic N) is 2. The Hall–Kier alpha value is -2.91. The van der Waals surface area contributed by atoms with E-state index in [1.54, 1.807) is 0 Å². The summed E-state index contributed by atoms with van der Waals surface area (Å²) in [6.07, 6.45) is 15.8. The summed E-state index contributed by atoms with van der Waals surface area (Å²) in [6, 6.07) is 19.1. The lowest BCUT2D eigenvalue weighted by atomic mass is 9.75. The first kappa shape index (κ1) is 22.3. The van der Waals surface area contributed by atoms with Gasteiger partial charge < -0.3 is 4.90 Å². The van der Waals surface area contributed by atoms with E-state index >= 15 is 0 Å². The van der Waals surface area contributed by atoms with Crippen LogP contribution in [0.2, 0.25) is 0 Å². The van der Waals surface area contributed by atoms with Crippen molar-refractivity contribution in [1.29, 1.82) is 0 Å². The molecule has 0 atom stereocenters. The van der Waals surface area contributed by atoms with Crippen LogP contribution in [-0.2, 0) is 6.54 Å². The van der Waals surface area contributed by atoms with E-state index in [4.69, 9.17) is 0 Å². The number of fused-ring (bicyclic) bond motifs is 1. The van der Waals surface area contributed by atoms with Crippen LogP contribution >= 0.6 is 11.3 Å². The molecular weight excluding hydrogens is 408 g/mol. The fourth-order valence-electron chi connectivity index (χ4n) is 4.44. The first-order valence-electron chi connectivity index (χ1n) is 11.4. The number of aromatic nitrogens is 1. The molecule has 1 aromatic heterocycles. The van der Waals surface area contributed by atoms with Crippen molar-refractivity contribution in [1.82, 2.24) is 0 Å². The van der Waals surface area contributed by atoms with Crippen molar-refractivity contribution in [3.05, 3.63) is 101 Å². The summed E-state index contributed by atoms with van der Waals surface area (Å²) in [5.41, 5.74) is 5.56. The van der Waals surface area contributed by atoms with Gasteiger partial charge in [-0.1, -0.05) is 73.7 Å². The Morgan fingerprint density at radius 1 is 1.00 bits per heavy atom. The predicted molar refractivity (Wildman–Crippen MR) is 140 cm³/mol. The quantitative estimate of drug-likeness (QED) is 0.358. The molecule has 0 amide bonds. The van der Waals surface area contributed by atoms with Crippen LogP contribution in [0.15, 0.2) is 96.2 Å². The van der Waals surface area contributed by atoms with Crippen molar-refractivity contribution in [3.8, 4) is 0 Å². The second-order valence-corrected chi connectivity index (χ2v) is 10.3. The van der Waals surface area contributed by atoms with Crippen molar-refractivity contribution < 1.29 is 4.57 Å². The Morgan fingerprint density at radius 2 is 1.75 bits per heavy atom. The van der Waals surface area contributed by atoms with Gasteiger partial charge in [0.05, 0.1) is 0 Å². The van der Waals surface area contributed by atoms with E-state index in [0.29, 0.717) is 0 Å². The van der Waals surface area contributed by atoms with Gasteiger partial charge in [-0.3, -0.25) is 0 Å². The van der Waals surface area contributed by atoms with Gasteiger partial charge >= 0.3 is 0 Å². The molecule has 164 valence electrons. The van der Waals surface area contributed by atoms with E-state index in [1.165, 1.54) is 32.1 Å². The Morgan fingerprint density at radius 3 is 2.53 bits per heavy atom. The number of para-hydroxylation sites is 2. The molecule has 0 aliphatic heterocycles. The van der Waals surface area contributed by atoms with Crippen LogP contribution in [0.3, 0.4) is 0 Å². The molecule has 1 aliphatic rings. The molecule has 3 heteroatoms. The number of hydrogen-bond acceptors (Lipinski definition) is 2. The molecular formula is C29H33N2S+. The number of hydrogen-bond donors (Lipinski definition) is 0. The van der Waals surface area contributed by atoms with E-state index in [1.807, 2.05) is 11.3 Å². The lowest BCUT2D eigenvalue weighted by Crippen LogP contribution is -2.33. The molecule has 0 saturated heterocycles. The van der Waals surface area contributed by atoms with Gasteiger partial charge in [0, 0.05) is 31.1 Å². The van der Waals surface area contributed by atoms with Gasteiger partial charge in [0.1, 0.15) is 11.2 Å². The van der Waals surface area contributed by atoms with Gasteiger partial charge in [-0.2, -0.15) is 4.57 Å². The van der Waals surface area contributed by atoms with E-state index in [9.17, 15) is 0 Å². The van der Waals surface area contributed by atoms with Gasteiger partial charge in [-0.15, -0.1) is 0 Å². The molecule has 2 aromatic carbocycles. The molecule has 0 saturated carbocycles. The van der Waals surface area contributed by atoms with Gasteiger partial charge in [0.2, 0.25) is 5.52 Å². The summed E-state index contributed by atoms with van der Waals surface area (Å²) in [6.45, 7) is 7.93. The van der Waals surface area contributed by atoms with Gasteiger partial charge in [-0.05, 0) is 60.6 Å². The lowest BCUT2D eigenvalue weighted by Gasteiger charge is -2.30. The van der Waals surface area contributed by atoms with Crippen LogP contribution in [0.5, 0.6) is 0 Å². The predicted octanol–water partition coefficient (Wildman–Crippen LogP) is 7.54. The molecule has 0 N–H and O–H groups in total. The highest BCUT2D eigenvalue weighted by Gasteiger charge is 2.24. The van der Waals surface area contributed by atoms with E-state index in [0.717, 1.165) is 19.4 Å². The van der Waals surface area contributed by atoms with Crippen LogP contribution in [0.1, 0.15) is 38.6 Å². The fourth-order valence-corrected chi connectivity index (χ4v) is 5.57. The minimum absolute atomic E-state index is 0.264. The Balaban J connectivity index is 1.55. The maximum Gasteiger partial charge on any atom is 0.262 e. The summed E-state index contributed by atoms with van der Waals surface area (Å²) in [7, 11) is 2.10. The maximum absolute atomic E-state index is 2.39. The fraction of sp³-hybridized carbons (Fsp3) is 0.276. The smallest absolute Gasteiger partial charge is 0.262 e. The monoisotopic (exact) mass is 441 g/mol. The van der Waals surface area contributed by atoms with Crippen molar-refractivity contribution in [2.45, 2.75) is 40.2 Å². The first-order valence-corrected chi connectivity index (χ1v) is 12.2. The van der Waals surface area contributed by atoms with Gasteiger partial charge in [0.15, 0.2) is 0 Å². The average Bonchev–Trinajstić information content (AvgIpc) is 3.14. The van der Waals surface area contributed by atoms with E-state index < -0.39 is 0 Å². The van der Waals surface area contributed by atoms with Crippen LogP contribution in [0.25, 0.3) is 16.3 Å². The summed E-state index contributed by atoms with van der Waals surface area (Å²) < 4.78 is 3.73.